The van der Waals surface area contributed by atoms with E-state index in [1.807, 2.05) is 12.4 Å². The third-order valence-electron chi connectivity index (χ3n) is 7.24. The highest BCUT2D eigenvalue weighted by Gasteiger charge is 2.37. The SMILES string of the molecule is CN(Cc1ccncc1)c1c(OC2CCC(N)CC2)ccc2c1CC(C)(C)c1c(N)ncnc1-2. The van der Waals surface area contributed by atoms with Gasteiger partial charge in [0, 0.05) is 43.2 Å². The molecule has 0 unspecified atom stereocenters. The van der Waals surface area contributed by atoms with Gasteiger partial charge in [0.15, 0.2) is 0 Å². The van der Waals surface area contributed by atoms with Crippen molar-refractivity contribution < 1.29 is 4.74 Å². The fourth-order valence-electron chi connectivity index (χ4n) is 5.56. The summed E-state index contributed by atoms with van der Waals surface area (Å²) in [6.07, 6.45) is 10.3. The molecule has 0 bridgehead atoms. The number of fused-ring (bicyclic) bond motifs is 3. The van der Waals surface area contributed by atoms with Crippen LogP contribution in [0.25, 0.3) is 11.3 Å². The summed E-state index contributed by atoms with van der Waals surface area (Å²) in [6.45, 7) is 5.19. The minimum absolute atomic E-state index is 0.188. The molecule has 1 fully saturated rings. The second-order valence-corrected chi connectivity index (χ2v) is 10.3. The zero-order valence-corrected chi connectivity index (χ0v) is 20.3. The van der Waals surface area contributed by atoms with Crippen molar-refractivity contribution in [1.82, 2.24) is 15.0 Å². The monoisotopic (exact) mass is 458 g/mol. The topological polar surface area (TPSA) is 103 Å². The molecule has 7 nitrogen and oxygen atoms in total. The van der Waals surface area contributed by atoms with Crippen molar-refractivity contribution in [3.05, 3.63) is 59.7 Å². The molecule has 2 aliphatic rings. The summed E-state index contributed by atoms with van der Waals surface area (Å²) >= 11 is 0. The number of aromatic nitrogens is 3. The molecule has 0 radical (unpaired) electrons. The molecule has 178 valence electrons. The van der Waals surface area contributed by atoms with E-state index in [0.717, 1.165) is 66.9 Å². The summed E-state index contributed by atoms with van der Waals surface area (Å²) < 4.78 is 6.67. The number of nitrogens with two attached hydrogens (primary N) is 2. The Bertz CT molecular complexity index is 1170. The van der Waals surface area contributed by atoms with Gasteiger partial charge in [-0.15, -0.1) is 0 Å². The molecule has 0 atom stereocenters. The molecular weight excluding hydrogens is 424 g/mol. The van der Waals surface area contributed by atoms with E-state index < -0.39 is 0 Å². The predicted molar refractivity (Wildman–Crippen MR) is 136 cm³/mol. The second kappa shape index (κ2) is 8.87. The highest BCUT2D eigenvalue weighted by atomic mass is 16.5. The van der Waals surface area contributed by atoms with Gasteiger partial charge in [0.05, 0.1) is 17.5 Å². The van der Waals surface area contributed by atoms with E-state index in [0.29, 0.717) is 11.9 Å². The summed E-state index contributed by atoms with van der Waals surface area (Å²) in [5, 5.41) is 0. The van der Waals surface area contributed by atoms with Gasteiger partial charge in [-0.1, -0.05) is 13.8 Å². The quantitative estimate of drug-likeness (QED) is 0.589. The van der Waals surface area contributed by atoms with Crippen molar-refractivity contribution >= 4 is 11.5 Å². The van der Waals surface area contributed by atoms with Gasteiger partial charge in [-0.05, 0) is 72.9 Å². The van der Waals surface area contributed by atoms with Gasteiger partial charge in [-0.2, -0.15) is 0 Å². The van der Waals surface area contributed by atoms with Crippen molar-refractivity contribution in [1.29, 1.82) is 0 Å². The van der Waals surface area contributed by atoms with E-state index in [1.165, 1.54) is 11.1 Å². The van der Waals surface area contributed by atoms with Gasteiger partial charge in [-0.3, -0.25) is 4.98 Å². The zero-order chi connectivity index (χ0) is 23.9. The summed E-state index contributed by atoms with van der Waals surface area (Å²) in [7, 11) is 2.14. The standard InChI is InChI=1S/C27H34N6O/c1-27(2)14-21-20(24-23(27)26(29)32-16-31-24)8-9-22(34-19-6-4-18(28)5-7-19)25(21)33(3)15-17-10-12-30-13-11-17/h8-13,16,18-19H,4-7,14-15,28H2,1-3H3,(H2,29,31,32). The Kier molecular flexibility index (Phi) is 5.90. The minimum atomic E-state index is -0.198. The van der Waals surface area contributed by atoms with Crippen LogP contribution in [0.4, 0.5) is 11.5 Å². The van der Waals surface area contributed by atoms with Crippen LogP contribution in [0.1, 0.15) is 56.2 Å². The molecule has 4 N–H and O–H groups in total. The lowest BCUT2D eigenvalue weighted by atomic mass is 9.71. The van der Waals surface area contributed by atoms with Crippen LogP contribution >= 0.6 is 0 Å². The molecule has 1 saturated carbocycles. The first-order valence-electron chi connectivity index (χ1n) is 12.1. The molecule has 34 heavy (non-hydrogen) atoms. The van der Waals surface area contributed by atoms with Crippen LogP contribution in [0, 0.1) is 0 Å². The number of hydrogen-bond donors (Lipinski definition) is 2. The number of hydrogen-bond acceptors (Lipinski definition) is 7. The zero-order valence-electron chi connectivity index (χ0n) is 20.3. The van der Waals surface area contributed by atoms with Crippen LogP contribution in [-0.2, 0) is 18.4 Å². The third-order valence-corrected chi connectivity index (χ3v) is 7.24. The second-order valence-electron chi connectivity index (χ2n) is 10.3. The molecule has 0 aliphatic heterocycles. The first-order chi connectivity index (χ1) is 16.3. The lowest BCUT2D eigenvalue weighted by Crippen LogP contribution is -2.33. The van der Waals surface area contributed by atoms with Gasteiger partial charge in [0.2, 0.25) is 0 Å². The molecule has 1 aromatic carbocycles. The van der Waals surface area contributed by atoms with Gasteiger partial charge in [0.25, 0.3) is 0 Å². The lowest BCUT2D eigenvalue weighted by Gasteiger charge is -2.37. The first kappa shape index (κ1) is 22.6. The molecule has 2 aliphatic carbocycles. The van der Waals surface area contributed by atoms with Crippen LogP contribution in [0.5, 0.6) is 5.75 Å². The van der Waals surface area contributed by atoms with E-state index in [9.17, 15) is 0 Å². The average Bonchev–Trinajstić information content (AvgIpc) is 2.80. The van der Waals surface area contributed by atoms with Crippen molar-refractivity contribution in [2.45, 2.75) is 70.1 Å². The number of pyridine rings is 1. The summed E-state index contributed by atoms with van der Waals surface area (Å²) in [5.74, 6) is 1.49. The third kappa shape index (κ3) is 4.20. The van der Waals surface area contributed by atoms with Crippen LogP contribution < -0.4 is 21.1 Å². The Morgan fingerprint density at radius 2 is 1.79 bits per heavy atom. The smallest absolute Gasteiger partial charge is 0.143 e. The number of anilines is 2. The van der Waals surface area contributed by atoms with E-state index in [-0.39, 0.29) is 11.5 Å². The van der Waals surface area contributed by atoms with Crippen molar-refractivity contribution in [2.75, 3.05) is 17.7 Å². The molecule has 0 saturated heterocycles. The highest BCUT2D eigenvalue weighted by Crippen LogP contribution is 2.49. The Morgan fingerprint density at radius 3 is 2.53 bits per heavy atom. The first-order valence-corrected chi connectivity index (χ1v) is 12.1. The fourth-order valence-corrected chi connectivity index (χ4v) is 5.56. The minimum Gasteiger partial charge on any atom is -0.488 e. The van der Waals surface area contributed by atoms with Crippen molar-refractivity contribution in [3.63, 3.8) is 0 Å². The van der Waals surface area contributed by atoms with E-state index in [1.54, 1.807) is 6.33 Å². The Hall–Kier alpha value is -3.19. The van der Waals surface area contributed by atoms with Crippen molar-refractivity contribution in [3.8, 4) is 17.0 Å². The number of nitrogens with zero attached hydrogens (tertiary/aromatic N) is 4. The largest absolute Gasteiger partial charge is 0.488 e. The Morgan fingerprint density at radius 1 is 1.06 bits per heavy atom. The fraction of sp³-hybridized carbons (Fsp3) is 0.444. The highest BCUT2D eigenvalue weighted by molar-refractivity contribution is 5.83. The lowest BCUT2D eigenvalue weighted by molar-refractivity contribution is 0.147. The maximum absolute atomic E-state index is 6.67. The van der Waals surface area contributed by atoms with Gasteiger partial charge >= 0.3 is 0 Å². The maximum Gasteiger partial charge on any atom is 0.143 e. The van der Waals surface area contributed by atoms with Gasteiger partial charge in [0.1, 0.15) is 17.9 Å². The number of ether oxygens (including phenoxy) is 1. The number of rotatable bonds is 5. The molecule has 5 rings (SSSR count). The molecule has 2 aromatic heterocycles. The molecule has 0 spiro atoms. The van der Waals surface area contributed by atoms with Gasteiger partial charge < -0.3 is 21.1 Å². The molecule has 7 heteroatoms. The molecular formula is C27H34N6O. The van der Waals surface area contributed by atoms with E-state index >= 15 is 0 Å². The summed E-state index contributed by atoms with van der Waals surface area (Å²) in [4.78, 5) is 15.4. The molecule has 0 amide bonds. The van der Waals surface area contributed by atoms with Crippen molar-refractivity contribution in [2.24, 2.45) is 5.73 Å². The average molecular weight is 459 g/mol. The number of nitrogen functional groups attached to an aromatic ring is 1. The molecule has 2 heterocycles. The Balaban J connectivity index is 1.61. The van der Waals surface area contributed by atoms with Crippen LogP contribution in [0.15, 0.2) is 43.0 Å². The number of benzene rings is 1. The van der Waals surface area contributed by atoms with E-state index in [4.69, 9.17) is 16.2 Å². The molecule has 3 aromatic rings. The van der Waals surface area contributed by atoms with Crippen LogP contribution in [-0.4, -0.2) is 34.1 Å². The normalized spacial score (nSPS) is 20.8. The summed E-state index contributed by atoms with van der Waals surface area (Å²) in [5.41, 5.74) is 18.9. The van der Waals surface area contributed by atoms with Gasteiger partial charge in [-0.25, -0.2) is 9.97 Å². The summed E-state index contributed by atoms with van der Waals surface area (Å²) in [6, 6.07) is 8.65. The van der Waals surface area contributed by atoms with E-state index in [2.05, 4.69) is 65.0 Å². The predicted octanol–water partition coefficient (Wildman–Crippen LogP) is 4.24. The van der Waals surface area contributed by atoms with Crippen LogP contribution in [0.2, 0.25) is 0 Å². The Labute approximate surface area is 201 Å². The maximum atomic E-state index is 6.67. The van der Waals surface area contributed by atoms with Crippen LogP contribution in [0.3, 0.4) is 0 Å².